The molecule has 1 aliphatic heterocycles. The van der Waals surface area contributed by atoms with Crippen LogP contribution in [0.1, 0.15) is 6.42 Å². The first-order valence-electron chi connectivity index (χ1n) is 6.75. The highest BCUT2D eigenvalue weighted by molar-refractivity contribution is 7.91. The molecule has 1 N–H and O–H groups in total. The van der Waals surface area contributed by atoms with E-state index in [4.69, 9.17) is 9.47 Å². The monoisotopic (exact) mass is 313 g/mol. The summed E-state index contributed by atoms with van der Waals surface area (Å²) < 4.78 is 33.1. The first kappa shape index (κ1) is 15.6. The lowest BCUT2D eigenvalue weighted by molar-refractivity contribution is -0.124. The average molecular weight is 313 g/mol. The Morgan fingerprint density at radius 2 is 1.95 bits per heavy atom. The number of methoxy groups -OCH3 is 1. The lowest BCUT2D eigenvalue weighted by atomic mass is 10.1. The van der Waals surface area contributed by atoms with Gasteiger partial charge in [-0.1, -0.05) is 0 Å². The summed E-state index contributed by atoms with van der Waals surface area (Å²) in [4.78, 5) is 11.8. The number of hydrogen-bond donors (Lipinski definition) is 1. The summed E-state index contributed by atoms with van der Waals surface area (Å²) in [6, 6.07) is 7.14. The van der Waals surface area contributed by atoms with Gasteiger partial charge in [0.2, 0.25) is 5.91 Å². The van der Waals surface area contributed by atoms with Gasteiger partial charge >= 0.3 is 0 Å². The van der Waals surface area contributed by atoms with Crippen LogP contribution in [-0.4, -0.2) is 46.1 Å². The predicted octanol–water partition coefficient (Wildman–Crippen LogP) is 0.625. The molecule has 0 spiro atoms. The van der Waals surface area contributed by atoms with Crippen molar-refractivity contribution in [1.29, 1.82) is 0 Å². The molecule has 6 nitrogen and oxygen atoms in total. The number of carbonyl (C=O) groups excluding carboxylic acids is 1. The molecule has 0 saturated carbocycles. The van der Waals surface area contributed by atoms with Crippen molar-refractivity contribution in [3.05, 3.63) is 24.3 Å². The van der Waals surface area contributed by atoms with Crippen LogP contribution in [-0.2, 0) is 14.6 Å². The Kier molecular flexibility index (Phi) is 5.06. The van der Waals surface area contributed by atoms with Crippen LogP contribution in [0.4, 0.5) is 0 Å². The second-order valence-corrected chi connectivity index (χ2v) is 7.14. The smallest absolute Gasteiger partial charge is 0.224 e. The molecule has 2 rings (SSSR count). The Balaban J connectivity index is 1.68. The number of benzene rings is 1. The van der Waals surface area contributed by atoms with Crippen molar-refractivity contribution in [2.75, 3.05) is 31.8 Å². The highest BCUT2D eigenvalue weighted by atomic mass is 32.2. The molecule has 7 heteroatoms. The maximum Gasteiger partial charge on any atom is 0.224 e. The highest BCUT2D eigenvalue weighted by Crippen LogP contribution is 2.18. The van der Waals surface area contributed by atoms with Crippen LogP contribution in [0.25, 0.3) is 0 Å². The summed E-state index contributed by atoms with van der Waals surface area (Å²) in [5.74, 6) is 0.864. The summed E-state index contributed by atoms with van der Waals surface area (Å²) in [7, 11) is -1.43. The van der Waals surface area contributed by atoms with Gasteiger partial charge in [-0.15, -0.1) is 0 Å². The Bertz CT molecular complexity index is 582. The first-order valence-corrected chi connectivity index (χ1v) is 8.57. The van der Waals surface area contributed by atoms with Crippen molar-refractivity contribution in [2.24, 2.45) is 5.92 Å². The summed E-state index contributed by atoms with van der Waals surface area (Å²) in [6.07, 6.45) is 0.410. The minimum Gasteiger partial charge on any atom is -0.497 e. The van der Waals surface area contributed by atoms with Crippen molar-refractivity contribution in [3.8, 4) is 11.5 Å². The molecule has 1 amide bonds. The van der Waals surface area contributed by atoms with Crippen molar-refractivity contribution < 1.29 is 22.7 Å². The zero-order valence-electron chi connectivity index (χ0n) is 11.9. The van der Waals surface area contributed by atoms with Crippen molar-refractivity contribution in [1.82, 2.24) is 5.32 Å². The molecule has 116 valence electrons. The number of ether oxygens (including phenoxy) is 2. The van der Waals surface area contributed by atoms with E-state index in [0.29, 0.717) is 25.3 Å². The number of nitrogens with one attached hydrogen (secondary N) is 1. The Labute approximate surface area is 124 Å². The minimum atomic E-state index is -3.02. The third kappa shape index (κ3) is 4.63. The molecule has 1 aromatic carbocycles. The van der Waals surface area contributed by atoms with Crippen LogP contribution in [0.2, 0.25) is 0 Å². The van der Waals surface area contributed by atoms with Crippen LogP contribution in [0.15, 0.2) is 24.3 Å². The second-order valence-electron chi connectivity index (χ2n) is 4.91. The third-order valence-corrected chi connectivity index (χ3v) is 5.10. The highest BCUT2D eigenvalue weighted by Gasteiger charge is 2.32. The number of rotatable bonds is 6. The zero-order valence-corrected chi connectivity index (χ0v) is 12.7. The van der Waals surface area contributed by atoms with E-state index in [1.165, 1.54) is 0 Å². The third-order valence-electron chi connectivity index (χ3n) is 3.33. The number of amides is 1. The molecule has 0 aliphatic carbocycles. The van der Waals surface area contributed by atoms with Crippen molar-refractivity contribution in [3.63, 3.8) is 0 Å². The van der Waals surface area contributed by atoms with E-state index >= 15 is 0 Å². The lowest BCUT2D eigenvalue weighted by Crippen LogP contribution is -2.34. The number of sulfone groups is 1. The van der Waals surface area contributed by atoms with Crippen molar-refractivity contribution in [2.45, 2.75) is 6.42 Å². The number of hydrogen-bond acceptors (Lipinski definition) is 5. The molecule has 0 radical (unpaired) electrons. The zero-order chi connectivity index (χ0) is 15.3. The fourth-order valence-electron chi connectivity index (χ4n) is 2.16. The summed E-state index contributed by atoms with van der Waals surface area (Å²) in [6.45, 7) is 0.680. The topological polar surface area (TPSA) is 81.7 Å². The molecular formula is C14H19NO5S. The fourth-order valence-corrected chi connectivity index (χ4v) is 3.90. The maximum atomic E-state index is 11.8. The Hall–Kier alpha value is -1.76. The maximum absolute atomic E-state index is 11.8. The van der Waals surface area contributed by atoms with Gasteiger partial charge in [0, 0.05) is 0 Å². The molecule has 0 bridgehead atoms. The van der Waals surface area contributed by atoms with Gasteiger partial charge in [-0.05, 0) is 30.7 Å². The molecule has 1 aromatic rings. The van der Waals surface area contributed by atoms with Crippen LogP contribution < -0.4 is 14.8 Å². The molecule has 1 aliphatic rings. The van der Waals surface area contributed by atoms with E-state index in [1.807, 2.05) is 0 Å². The van der Waals surface area contributed by atoms with Crippen molar-refractivity contribution >= 4 is 15.7 Å². The molecule has 0 unspecified atom stereocenters. The van der Waals surface area contributed by atoms with Gasteiger partial charge in [0.05, 0.1) is 31.1 Å². The summed E-state index contributed by atoms with van der Waals surface area (Å²) in [5, 5.41) is 2.70. The Morgan fingerprint density at radius 3 is 2.52 bits per heavy atom. The van der Waals surface area contributed by atoms with Gasteiger partial charge in [0.25, 0.3) is 0 Å². The molecule has 1 fully saturated rings. The molecule has 1 saturated heterocycles. The van der Waals surface area contributed by atoms with Gasteiger partial charge in [0.15, 0.2) is 9.84 Å². The van der Waals surface area contributed by atoms with Crippen LogP contribution in [0, 0.1) is 5.92 Å². The summed E-state index contributed by atoms with van der Waals surface area (Å²) >= 11 is 0. The SMILES string of the molecule is COc1ccc(OCCNC(=O)[C@@H]2CCS(=O)(=O)C2)cc1. The first-order chi connectivity index (χ1) is 10.00. The minimum absolute atomic E-state index is 0.0435. The molecule has 1 atom stereocenters. The van der Waals surface area contributed by atoms with Gasteiger partial charge in [-0.3, -0.25) is 4.79 Å². The molecule has 21 heavy (non-hydrogen) atoms. The average Bonchev–Trinajstić information content (AvgIpc) is 2.84. The van der Waals surface area contributed by atoms with Gasteiger partial charge in [-0.2, -0.15) is 0 Å². The standard InChI is InChI=1S/C14H19NO5S/c1-19-12-2-4-13(5-3-12)20-8-7-15-14(16)11-6-9-21(17,18)10-11/h2-5,11H,6-10H2,1H3,(H,15,16)/t11-/m1/s1. The van der Waals surface area contributed by atoms with E-state index in [2.05, 4.69) is 5.32 Å². The molecular weight excluding hydrogens is 294 g/mol. The van der Waals surface area contributed by atoms with E-state index in [1.54, 1.807) is 31.4 Å². The fraction of sp³-hybridized carbons (Fsp3) is 0.500. The molecule has 0 aromatic heterocycles. The van der Waals surface area contributed by atoms with Crippen LogP contribution in [0.3, 0.4) is 0 Å². The molecule has 1 heterocycles. The van der Waals surface area contributed by atoms with Gasteiger partial charge in [-0.25, -0.2) is 8.42 Å². The van der Waals surface area contributed by atoms with E-state index in [9.17, 15) is 13.2 Å². The normalized spacial score (nSPS) is 20.0. The van der Waals surface area contributed by atoms with Gasteiger partial charge < -0.3 is 14.8 Å². The predicted molar refractivity (Wildman–Crippen MR) is 78.3 cm³/mol. The van der Waals surface area contributed by atoms with E-state index < -0.39 is 15.8 Å². The largest absolute Gasteiger partial charge is 0.497 e. The Morgan fingerprint density at radius 1 is 1.29 bits per heavy atom. The summed E-state index contributed by atoms with van der Waals surface area (Å²) in [5.41, 5.74) is 0. The second kappa shape index (κ2) is 6.80. The van der Waals surface area contributed by atoms with Crippen LogP contribution in [0.5, 0.6) is 11.5 Å². The van der Waals surface area contributed by atoms with E-state index in [-0.39, 0.29) is 17.4 Å². The van der Waals surface area contributed by atoms with Crippen LogP contribution >= 0.6 is 0 Å². The van der Waals surface area contributed by atoms with Gasteiger partial charge in [0.1, 0.15) is 18.1 Å². The lowest BCUT2D eigenvalue weighted by Gasteiger charge is -2.10. The van der Waals surface area contributed by atoms with E-state index in [0.717, 1.165) is 5.75 Å². The quantitative estimate of drug-likeness (QED) is 0.779. The number of carbonyl (C=O) groups is 1.